The fourth-order valence-corrected chi connectivity index (χ4v) is 2.26. The molecule has 1 amide bonds. The summed E-state index contributed by atoms with van der Waals surface area (Å²) < 4.78 is 0.792. The van der Waals surface area contributed by atoms with Crippen molar-refractivity contribution in [2.24, 2.45) is 0 Å². The van der Waals surface area contributed by atoms with Crippen molar-refractivity contribution in [1.29, 1.82) is 0 Å². The fourth-order valence-electron chi connectivity index (χ4n) is 1.63. The lowest BCUT2D eigenvalue weighted by atomic mass is 10.1. The maximum absolute atomic E-state index is 12.1. The lowest BCUT2D eigenvalue weighted by molar-refractivity contribution is 0.0693. The molecule has 3 N–H and O–H groups in total. The second-order valence-electron chi connectivity index (χ2n) is 3.97. The van der Waals surface area contributed by atoms with E-state index in [-0.39, 0.29) is 17.2 Å². The van der Waals surface area contributed by atoms with E-state index in [0.29, 0.717) is 11.3 Å². The molecule has 0 saturated carbocycles. The molecule has 102 valence electrons. The van der Waals surface area contributed by atoms with Crippen LogP contribution >= 0.6 is 22.6 Å². The Hall–Kier alpha value is -2.09. The quantitative estimate of drug-likeness (QED) is 0.562. The first-order valence-corrected chi connectivity index (χ1v) is 6.69. The first-order valence-electron chi connectivity index (χ1n) is 5.61. The number of anilines is 1. The van der Waals surface area contributed by atoms with Crippen LogP contribution < -0.4 is 5.32 Å². The van der Waals surface area contributed by atoms with Gasteiger partial charge in [0.2, 0.25) is 0 Å². The summed E-state index contributed by atoms with van der Waals surface area (Å²) in [6.45, 7) is 0. The second-order valence-corrected chi connectivity index (χ2v) is 5.13. The number of aromatic hydroxyl groups is 1. The topological polar surface area (TPSA) is 86.6 Å². The number of carbonyl (C=O) groups is 2. The molecule has 0 aliphatic heterocycles. The van der Waals surface area contributed by atoms with Crippen molar-refractivity contribution in [2.75, 3.05) is 5.32 Å². The van der Waals surface area contributed by atoms with E-state index in [1.807, 2.05) is 28.7 Å². The van der Waals surface area contributed by atoms with Gasteiger partial charge in [0.1, 0.15) is 11.3 Å². The van der Waals surface area contributed by atoms with Gasteiger partial charge in [-0.1, -0.05) is 12.1 Å². The van der Waals surface area contributed by atoms with Crippen LogP contribution in [0.3, 0.4) is 0 Å². The van der Waals surface area contributed by atoms with E-state index in [0.717, 1.165) is 3.57 Å². The summed E-state index contributed by atoms with van der Waals surface area (Å²) in [5, 5.41) is 20.9. The maximum atomic E-state index is 12.1. The van der Waals surface area contributed by atoms with Crippen molar-refractivity contribution >= 4 is 40.2 Å². The fraction of sp³-hybridized carbons (Fsp3) is 0. The van der Waals surface area contributed by atoms with Gasteiger partial charge in [-0.15, -0.1) is 0 Å². The second kappa shape index (κ2) is 5.91. The number of rotatable bonds is 3. The van der Waals surface area contributed by atoms with Crippen LogP contribution in [0.1, 0.15) is 20.7 Å². The highest BCUT2D eigenvalue weighted by Crippen LogP contribution is 2.22. The largest absolute Gasteiger partial charge is 0.507 e. The summed E-state index contributed by atoms with van der Waals surface area (Å²) in [5.74, 6) is -1.94. The lowest BCUT2D eigenvalue weighted by Crippen LogP contribution is -2.13. The smallest absolute Gasteiger partial charge is 0.339 e. The number of benzene rings is 2. The van der Waals surface area contributed by atoms with E-state index >= 15 is 0 Å². The van der Waals surface area contributed by atoms with Crippen LogP contribution in [-0.2, 0) is 0 Å². The number of hydrogen-bond donors (Lipinski definition) is 3. The number of nitrogens with one attached hydrogen (secondary N) is 1. The molecule has 0 radical (unpaired) electrons. The predicted molar refractivity (Wildman–Crippen MR) is 82.2 cm³/mol. The third-order valence-electron chi connectivity index (χ3n) is 2.60. The van der Waals surface area contributed by atoms with Crippen LogP contribution in [0.4, 0.5) is 5.69 Å². The Kier molecular flexibility index (Phi) is 4.23. The Morgan fingerprint density at radius 2 is 1.75 bits per heavy atom. The number of carboxylic acids is 1. The Morgan fingerprint density at radius 1 is 1.05 bits per heavy atom. The van der Waals surface area contributed by atoms with E-state index in [1.54, 1.807) is 18.2 Å². The molecule has 0 aliphatic rings. The average Bonchev–Trinajstić information content (AvgIpc) is 2.41. The predicted octanol–water partition coefficient (Wildman–Crippen LogP) is 2.95. The summed E-state index contributed by atoms with van der Waals surface area (Å²) in [6.07, 6.45) is 0. The highest BCUT2D eigenvalue weighted by Gasteiger charge is 2.13. The van der Waals surface area contributed by atoms with Crippen LogP contribution in [0.2, 0.25) is 0 Å². The van der Waals surface area contributed by atoms with Crippen LogP contribution in [0.25, 0.3) is 0 Å². The number of carbonyl (C=O) groups excluding carboxylic acids is 1. The van der Waals surface area contributed by atoms with Crippen molar-refractivity contribution < 1.29 is 19.8 Å². The van der Waals surface area contributed by atoms with Gasteiger partial charge in [-0.05, 0) is 52.9 Å². The van der Waals surface area contributed by atoms with E-state index in [1.165, 1.54) is 18.2 Å². The molecule has 0 saturated heterocycles. The minimum absolute atomic E-state index is 0.259. The Bertz CT molecular complexity index is 685. The number of carboxylic acid groups (broad SMARTS) is 1. The van der Waals surface area contributed by atoms with E-state index in [9.17, 15) is 14.7 Å². The monoisotopic (exact) mass is 383 g/mol. The zero-order valence-corrected chi connectivity index (χ0v) is 12.3. The Balaban J connectivity index is 2.27. The van der Waals surface area contributed by atoms with E-state index < -0.39 is 5.97 Å². The number of amides is 1. The van der Waals surface area contributed by atoms with Crippen LogP contribution in [-0.4, -0.2) is 22.1 Å². The SMILES string of the molecule is O=C(O)c1cc(NC(=O)c2ccccc2I)ccc1O. The molecule has 20 heavy (non-hydrogen) atoms. The highest BCUT2D eigenvalue weighted by molar-refractivity contribution is 14.1. The van der Waals surface area contributed by atoms with Gasteiger partial charge in [-0.3, -0.25) is 4.79 Å². The summed E-state index contributed by atoms with van der Waals surface area (Å²) in [4.78, 5) is 23.0. The molecule has 0 fully saturated rings. The summed E-state index contributed by atoms with van der Waals surface area (Å²) >= 11 is 2.05. The van der Waals surface area contributed by atoms with Gasteiger partial charge in [0.05, 0.1) is 5.56 Å². The molecule has 0 aliphatic carbocycles. The molecule has 0 unspecified atom stereocenters. The summed E-state index contributed by atoms with van der Waals surface area (Å²) in [5.41, 5.74) is 0.550. The van der Waals surface area contributed by atoms with Crippen molar-refractivity contribution in [1.82, 2.24) is 0 Å². The van der Waals surface area contributed by atoms with E-state index in [4.69, 9.17) is 5.11 Å². The Labute approximate surface area is 128 Å². The standard InChI is InChI=1S/C14H10INO4/c15-11-4-2-1-3-9(11)13(18)16-8-5-6-12(17)10(7-8)14(19)20/h1-7,17H,(H,16,18)(H,19,20). The first kappa shape index (κ1) is 14.3. The molecule has 2 rings (SSSR count). The zero-order chi connectivity index (χ0) is 14.7. The maximum Gasteiger partial charge on any atom is 0.339 e. The first-order chi connectivity index (χ1) is 9.49. The van der Waals surface area contributed by atoms with Crippen molar-refractivity contribution in [3.8, 4) is 5.75 Å². The molecule has 0 atom stereocenters. The average molecular weight is 383 g/mol. The minimum atomic E-state index is -1.26. The Morgan fingerprint density at radius 3 is 2.40 bits per heavy atom. The molecule has 0 bridgehead atoms. The van der Waals surface area contributed by atoms with Crippen molar-refractivity contribution in [2.45, 2.75) is 0 Å². The number of halogens is 1. The van der Waals surface area contributed by atoms with Gasteiger partial charge >= 0.3 is 5.97 Å². The highest BCUT2D eigenvalue weighted by atomic mass is 127. The van der Waals surface area contributed by atoms with Crippen LogP contribution in [0, 0.1) is 3.57 Å². The van der Waals surface area contributed by atoms with Gasteiger partial charge in [0.25, 0.3) is 5.91 Å². The zero-order valence-electron chi connectivity index (χ0n) is 10.1. The third kappa shape index (κ3) is 3.08. The lowest BCUT2D eigenvalue weighted by Gasteiger charge is -2.08. The van der Waals surface area contributed by atoms with Crippen LogP contribution in [0.5, 0.6) is 5.75 Å². The summed E-state index contributed by atoms with van der Waals surface area (Å²) in [6, 6.07) is 10.9. The molecule has 0 heterocycles. The molecular weight excluding hydrogens is 373 g/mol. The molecule has 0 aromatic heterocycles. The van der Waals surface area contributed by atoms with E-state index in [2.05, 4.69) is 5.32 Å². The minimum Gasteiger partial charge on any atom is -0.507 e. The molecule has 0 spiro atoms. The third-order valence-corrected chi connectivity index (χ3v) is 3.54. The molecule has 6 heteroatoms. The normalized spacial score (nSPS) is 10.1. The molecule has 2 aromatic rings. The molecule has 5 nitrogen and oxygen atoms in total. The van der Waals surface area contributed by atoms with Gasteiger partial charge in [0, 0.05) is 9.26 Å². The number of hydrogen-bond acceptors (Lipinski definition) is 3. The number of phenols is 1. The van der Waals surface area contributed by atoms with Gasteiger partial charge in [-0.2, -0.15) is 0 Å². The molecular formula is C14H10INO4. The van der Waals surface area contributed by atoms with Gasteiger partial charge in [-0.25, -0.2) is 4.79 Å². The van der Waals surface area contributed by atoms with Crippen molar-refractivity contribution in [3.63, 3.8) is 0 Å². The number of aromatic carboxylic acids is 1. The molecule has 2 aromatic carbocycles. The van der Waals surface area contributed by atoms with Gasteiger partial charge in [0.15, 0.2) is 0 Å². The van der Waals surface area contributed by atoms with Crippen LogP contribution in [0.15, 0.2) is 42.5 Å². The van der Waals surface area contributed by atoms with Crippen molar-refractivity contribution in [3.05, 3.63) is 57.2 Å². The van der Waals surface area contributed by atoms with Gasteiger partial charge < -0.3 is 15.5 Å². The summed E-state index contributed by atoms with van der Waals surface area (Å²) in [7, 11) is 0.